The maximum Gasteiger partial charge on any atom is 0.231 e. The van der Waals surface area contributed by atoms with Crippen molar-refractivity contribution < 1.29 is 18.3 Å². The number of carbonyl (C=O) groups is 1. The van der Waals surface area contributed by atoms with Crippen LogP contribution in [0.3, 0.4) is 0 Å². The molecule has 0 radical (unpaired) electrons. The third kappa shape index (κ3) is 4.91. The Labute approximate surface area is 178 Å². The van der Waals surface area contributed by atoms with E-state index in [1.54, 1.807) is 24.5 Å². The minimum Gasteiger partial charge on any atom is -0.467 e. The largest absolute Gasteiger partial charge is 0.467 e. The van der Waals surface area contributed by atoms with Crippen molar-refractivity contribution in [3.8, 4) is 11.4 Å². The third-order valence-electron chi connectivity index (χ3n) is 4.91. The van der Waals surface area contributed by atoms with Crippen LogP contribution < -0.4 is 5.32 Å². The lowest BCUT2D eigenvalue weighted by Crippen LogP contribution is -2.28. The number of hydrogen-bond acceptors (Lipinski definition) is 6. The monoisotopic (exact) mass is 430 g/mol. The molecule has 0 spiro atoms. The van der Waals surface area contributed by atoms with Gasteiger partial charge in [0, 0.05) is 12.2 Å². The Bertz CT molecular complexity index is 969. The van der Waals surface area contributed by atoms with E-state index in [1.807, 2.05) is 17.6 Å². The molecule has 30 heavy (non-hydrogen) atoms. The summed E-state index contributed by atoms with van der Waals surface area (Å²) in [5, 5.41) is 12.1. The van der Waals surface area contributed by atoms with Crippen molar-refractivity contribution in [2.24, 2.45) is 0 Å². The highest BCUT2D eigenvalue weighted by atomic mass is 32.2. The zero-order valence-corrected chi connectivity index (χ0v) is 17.4. The fourth-order valence-electron chi connectivity index (χ4n) is 3.39. The van der Waals surface area contributed by atoms with E-state index in [0.29, 0.717) is 23.3 Å². The first-order chi connectivity index (χ1) is 14.6. The molecule has 1 saturated heterocycles. The van der Waals surface area contributed by atoms with Gasteiger partial charge >= 0.3 is 0 Å². The van der Waals surface area contributed by atoms with Gasteiger partial charge in [0.15, 0.2) is 11.0 Å². The molecular weight excluding hydrogens is 407 g/mol. The van der Waals surface area contributed by atoms with Gasteiger partial charge < -0.3 is 14.5 Å². The van der Waals surface area contributed by atoms with E-state index in [1.165, 1.54) is 23.9 Å². The van der Waals surface area contributed by atoms with Crippen LogP contribution in [-0.2, 0) is 16.1 Å². The van der Waals surface area contributed by atoms with Crippen LogP contribution >= 0.6 is 11.8 Å². The van der Waals surface area contributed by atoms with Gasteiger partial charge in [-0.1, -0.05) is 11.8 Å². The Balaban J connectivity index is 1.47. The Kier molecular flexibility index (Phi) is 6.49. The molecule has 1 amide bonds. The van der Waals surface area contributed by atoms with Crippen molar-refractivity contribution in [3.05, 3.63) is 54.2 Å². The van der Waals surface area contributed by atoms with E-state index in [2.05, 4.69) is 15.5 Å². The van der Waals surface area contributed by atoms with E-state index in [9.17, 15) is 9.18 Å². The molecule has 1 aromatic carbocycles. The van der Waals surface area contributed by atoms with Crippen LogP contribution in [-0.4, -0.2) is 39.1 Å². The van der Waals surface area contributed by atoms with Crippen LogP contribution in [0.5, 0.6) is 0 Å². The van der Waals surface area contributed by atoms with Gasteiger partial charge in [0.2, 0.25) is 5.91 Å². The van der Waals surface area contributed by atoms with Crippen LogP contribution in [0.15, 0.2) is 52.2 Å². The Hall–Kier alpha value is -2.65. The topological polar surface area (TPSA) is 82.2 Å². The minimum absolute atomic E-state index is 0.0762. The third-order valence-corrected chi connectivity index (χ3v) is 5.88. The van der Waals surface area contributed by atoms with Crippen LogP contribution in [0, 0.1) is 5.82 Å². The molecule has 2 unspecified atom stereocenters. The van der Waals surface area contributed by atoms with Crippen LogP contribution in [0.4, 0.5) is 4.39 Å². The second-order valence-electron chi connectivity index (χ2n) is 7.15. The highest BCUT2D eigenvalue weighted by Gasteiger charge is 2.22. The van der Waals surface area contributed by atoms with Crippen molar-refractivity contribution in [1.82, 2.24) is 20.1 Å². The standard InChI is InChI=1S/C21H23FN4O3S/c1-14(18-5-3-11-29-18)23-19(27)13-30-21-25-24-20(15-6-8-16(22)9-7-15)26(21)12-17-4-2-10-28-17/h3,5-9,11,14,17H,2,4,10,12-13H2,1H3,(H,23,27). The lowest BCUT2D eigenvalue weighted by atomic mass is 10.2. The van der Waals surface area contributed by atoms with Gasteiger partial charge in [-0.05, 0) is 56.2 Å². The van der Waals surface area contributed by atoms with Gasteiger partial charge in [-0.25, -0.2) is 4.39 Å². The summed E-state index contributed by atoms with van der Waals surface area (Å²) in [6, 6.07) is 9.55. The van der Waals surface area contributed by atoms with E-state index in [-0.39, 0.29) is 29.6 Å². The lowest BCUT2D eigenvalue weighted by molar-refractivity contribution is -0.119. The van der Waals surface area contributed by atoms with Crippen LogP contribution in [0.2, 0.25) is 0 Å². The molecule has 0 bridgehead atoms. The molecule has 9 heteroatoms. The van der Waals surface area contributed by atoms with E-state index >= 15 is 0 Å². The summed E-state index contributed by atoms with van der Waals surface area (Å²) >= 11 is 1.31. The van der Waals surface area contributed by atoms with Gasteiger partial charge in [0.25, 0.3) is 0 Å². The number of rotatable bonds is 8. The molecule has 1 N–H and O–H groups in total. The summed E-state index contributed by atoms with van der Waals surface area (Å²) < 4.78 is 26.4. The molecule has 1 aliphatic rings. The summed E-state index contributed by atoms with van der Waals surface area (Å²) in [6.07, 6.45) is 3.64. The first-order valence-electron chi connectivity index (χ1n) is 9.86. The number of benzene rings is 1. The first-order valence-corrected chi connectivity index (χ1v) is 10.8. The second kappa shape index (κ2) is 9.44. The second-order valence-corrected chi connectivity index (χ2v) is 8.09. The molecule has 2 aromatic heterocycles. The molecule has 3 aromatic rings. The van der Waals surface area contributed by atoms with Gasteiger partial charge in [0.05, 0.1) is 30.7 Å². The zero-order chi connectivity index (χ0) is 20.9. The van der Waals surface area contributed by atoms with Crippen molar-refractivity contribution in [3.63, 3.8) is 0 Å². The van der Waals surface area contributed by atoms with Gasteiger partial charge in [0.1, 0.15) is 11.6 Å². The van der Waals surface area contributed by atoms with E-state index in [4.69, 9.17) is 9.15 Å². The van der Waals surface area contributed by atoms with Gasteiger partial charge in [-0.3, -0.25) is 9.36 Å². The van der Waals surface area contributed by atoms with E-state index < -0.39 is 0 Å². The van der Waals surface area contributed by atoms with Crippen LogP contribution in [0.1, 0.15) is 31.6 Å². The molecule has 0 aliphatic carbocycles. The first kappa shape index (κ1) is 20.6. The number of ether oxygens (including phenoxy) is 1. The smallest absolute Gasteiger partial charge is 0.231 e. The quantitative estimate of drug-likeness (QED) is 0.547. The molecule has 1 aliphatic heterocycles. The molecule has 4 rings (SSSR count). The van der Waals surface area contributed by atoms with Crippen molar-refractivity contribution in [1.29, 1.82) is 0 Å². The van der Waals surface area contributed by atoms with Crippen molar-refractivity contribution in [2.45, 2.75) is 43.6 Å². The molecule has 0 saturated carbocycles. The fourth-order valence-corrected chi connectivity index (χ4v) is 4.15. The number of halogens is 1. The van der Waals surface area contributed by atoms with Crippen molar-refractivity contribution >= 4 is 17.7 Å². The van der Waals surface area contributed by atoms with Crippen LogP contribution in [0.25, 0.3) is 11.4 Å². The molecule has 3 heterocycles. The number of nitrogens with one attached hydrogen (secondary N) is 1. The zero-order valence-electron chi connectivity index (χ0n) is 16.6. The maximum absolute atomic E-state index is 13.3. The predicted molar refractivity (Wildman–Crippen MR) is 110 cm³/mol. The highest BCUT2D eigenvalue weighted by Crippen LogP contribution is 2.27. The average molecular weight is 431 g/mol. The molecular formula is C21H23FN4O3S. The lowest BCUT2D eigenvalue weighted by Gasteiger charge is -2.15. The van der Waals surface area contributed by atoms with Gasteiger partial charge in [-0.15, -0.1) is 10.2 Å². The summed E-state index contributed by atoms with van der Waals surface area (Å²) in [4.78, 5) is 12.4. The Morgan fingerprint density at radius 3 is 2.87 bits per heavy atom. The summed E-state index contributed by atoms with van der Waals surface area (Å²) in [5.74, 6) is 1.10. The Morgan fingerprint density at radius 1 is 1.33 bits per heavy atom. The average Bonchev–Trinajstić information content (AvgIpc) is 3.50. The SMILES string of the molecule is CC(NC(=O)CSc1nnc(-c2ccc(F)cc2)n1CC1CCCO1)c1ccco1. The number of amides is 1. The molecule has 158 valence electrons. The number of carbonyl (C=O) groups excluding carboxylic acids is 1. The number of hydrogen-bond donors (Lipinski definition) is 1. The fraction of sp³-hybridized carbons (Fsp3) is 0.381. The predicted octanol–water partition coefficient (Wildman–Crippen LogP) is 3.83. The molecule has 7 nitrogen and oxygen atoms in total. The van der Waals surface area contributed by atoms with Crippen molar-refractivity contribution in [2.75, 3.05) is 12.4 Å². The minimum atomic E-state index is -0.305. The van der Waals surface area contributed by atoms with Gasteiger partial charge in [-0.2, -0.15) is 0 Å². The Morgan fingerprint density at radius 2 is 2.17 bits per heavy atom. The molecule has 2 atom stereocenters. The summed E-state index contributed by atoms with van der Waals surface area (Å²) in [7, 11) is 0. The number of nitrogens with zero attached hydrogens (tertiary/aromatic N) is 3. The highest BCUT2D eigenvalue weighted by molar-refractivity contribution is 7.99. The van der Waals surface area contributed by atoms with E-state index in [0.717, 1.165) is 25.0 Å². The summed E-state index contributed by atoms with van der Waals surface area (Å²) in [5.41, 5.74) is 0.768. The maximum atomic E-state index is 13.3. The molecule has 1 fully saturated rings. The normalized spacial score (nSPS) is 17.2. The summed E-state index contributed by atoms with van der Waals surface area (Å²) in [6.45, 7) is 3.20. The number of aromatic nitrogens is 3. The number of furan rings is 1. The number of thioether (sulfide) groups is 1.